The highest BCUT2D eigenvalue weighted by Crippen LogP contribution is 2.32. The van der Waals surface area contributed by atoms with Gasteiger partial charge in [-0.25, -0.2) is 9.98 Å². The Morgan fingerprint density at radius 2 is 1.94 bits per heavy atom. The number of nitrogens with two attached hydrogens (primary N) is 1. The van der Waals surface area contributed by atoms with Crippen molar-refractivity contribution in [3.8, 4) is 5.69 Å². The number of nitrogens with one attached hydrogen (secondary N) is 1. The highest BCUT2D eigenvalue weighted by Gasteiger charge is 2.28. The number of para-hydroxylation sites is 2. The fourth-order valence-corrected chi connectivity index (χ4v) is 4.66. The molecule has 8 heteroatoms. The number of nitrogens with zero attached hydrogens (tertiary/aromatic N) is 5. The summed E-state index contributed by atoms with van der Waals surface area (Å²) in [6.07, 6.45) is 5.46. The first-order valence-electron chi connectivity index (χ1n) is 10.6. The molecule has 1 atom stereocenters. The first-order chi connectivity index (χ1) is 15.5. The number of thioether (sulfide) groups is 1. The number of aryl methyl sites for hydroxylation is 1. The van der Waals surface area contributed by atoms with Crippen LogP contribution in [0, 0.1) is 12.3 Å². The highest BCUT2D eigenvalue weighted by atomic mass is 32.2. The summed E-state index contributed by atoms with van der Waals surface area (Å²) in [4.78, 5) is 12.4. The van der Waals surface area contributed by atoms with Crippen LogP contribution in [0.25, 0.3) is 16.7 Å². The van der Waals surface area contributed by atoms with Crippen LogP contribution in [0.3, 0.4) is 0 Å². The van der Waals surface area contributed by atoms with Crippen LogP contribution in [-0.2, 0) is 12.2 Å². The summed E-state index contributed by atoms with van der Waals surface area (Å²) in [6, 6.07) is 16.5. The second kappa shape index (κ2) is 8.27. The van der Waals surface area contributed by atoms with E-state index in [1.54, 1.807) is 11.8 Å². The van der Waals surface area contributed by atoms with Gasteiger partial charge in [-0.1, -0.05) is 48.5 Å². The van der Waals surface area contributed by atoms with E-state index < -0.39 is 0 Å². The fraction of sp³-hybridized carbons (Fsp3) is 0.250. The van der Waals surface area contributed by atoms with E-state index in [0.29, 0.717) is 18.0 Å². The Hall–Kier alpha value is -3.39. The van der Waals surface area contributed by atoms with Crippen LogP contribution in [0.1, 0.15) is 30.6 Å². The molecule has 1 aliphatic rings. The summed E-state index contributed by atoms with van der Waals surface area (Å²) >= 11 is 1.63. The van der Waals surface area contributed by atoms with Crippen LogP contribution >= 0.6 is 11.8 Å². The van der Waals surface area contributed by atoms with Crippen LogP contribution in [0.15, 0.2) is 70.6 Å². The van der Waals surface area contributed by atoms with Gasteiger partial charge in [-0.05, 0) is 43.7 Å². The Morgan fingerprint density at radius 1 is 1.12 bits per heavy atom. The molecule has 2 aromatic heterocycles. The molecule has 162 valence electrons. The average molecular weight is 444 g/mol. The van der Waals surface area contributed by atoms with Crippen LogP contribution in [0.4, 0.5) is 0 Å². The minimum absolute atomic E-state index is 0.154. The lowest BCUT2D eigenvalue weighted by atomic mass is 9.83. The molecule has 4 aromatic rings. The van der Waals surface area contributed by atoms with Gasteiger partial charge in [-0.3, -0.25) is 4.57 Å². The monoisotopic (exact) mass is 443 g/mol. The number of aromatic amines is 1. The summed E-state index contributed by atoms with van der Waals surface area (Å²) in [5.74, 6) is 3.08. The van der Waals surface area contributed by atoms with Crippen molar-refractivity contribution in [2.75, 3.05) is 0 Å². The second-order valence-corrected chi connectivity index (χ2v) is 9.42. The number of rotatable bonds is 6. The van der Waals surface area contributed by atoms with Gasteiger partial charge in [-0.2, -0.15) is 0 Å². The predicted molar refractivity (Wildman–Crippen MR) is 129 cm³/mol. The lowest BCUT2D eigenvalue weighted by molar-refractivity contribution is 0.457. The molecule has 0 amide bonds. The van der Waals surface area contributed by atoms with E-state index in [0.717, 1.165) is 39.9 Å². The molecule has 0 saturated carbocycles. The molecule has 0 saturated heterocycles. The Bertz CT molecular complexity index is 1280. The zero-order valence-electron chi connectivity index (χ0n) is 18.1. The number of aromatic nitrogens is 5. The summed E-state index contributed by atoms with van der Waals surface area (Å²) in [5, 5.41) is 9.96. The molecule has 0 aliphatic carbocycles. The summed E-state index contributed by atoms with van der Waals surface area (Å²) in [6.45, 7) is 4.26. The summed E-state index contributed by atoms with van der Waals surface area (Å²) < 4.78 is 2.15. The molecular weight excluding hydrogens is 418 g/mol. The highest BCUT2D eigenvalue weighted by molar-refractivity contribution is 7.98. The predicted octanol–water partition coefficient (Wildman–Crippen LogP) is 4.57. The molecule has 7 nitrogen and oxygen atoms in total. The number of fused-ring (bicyclic) bond motifs is 1. The maximum atomic E-state index is 5.83. The Labute approximate surface area is 190 Å². The largest absolute Gasteiger partial charge is 0.384 e. The molecule has 2 aromatic carbocycles. The number of aliphatic imine (C=N–C) groups is 1. The van der Waals surface area contributed by atoms with Gasteiger partial charge in [-0.15, -0.1) is 10.2 Å². The van der Waals surface area contributed by atoms with Crippen LogP contribution in [-0.4, -0.2) is 30.9 Å². The molecule has 0 radical (unpaired) electrons. The minimum Gasteiger partial charge on any atom is -0.384 e. The van der Waals surface area contributed by atoms with E-state index in [1.807, 2.05) is 36.6 Å². The van der Waals surface area contributed by atoms with E-state index in [2.05, 4.69) is 62.9 Å². The van der Waals surface area contributed by atoms with E-state index in [9.17, 15) is 0 Å². The summed E-state index contributed by atoms with van der Waals surface area (Å²) in [5.41, 5.74) is 9.96. The maximum absolute atomic E-state index is 5.83. The number of hydrogen-bond acceptors (Lipinski definition) is 6. The fourth-order valence-electron chi connectivity index (χ4n) is 3.82. The van der Waals surface area contributed by atoms with Gasteiger partial charge in [0.15, 0.2) is 5.16 Å². The smallest absolute Gasteiger partial charge is 0.196 e. The van der Waals surface area contributed by atoms with Crippen molar-refractivity contribution < 1.29 is 0 Å². The third-order valence-corrected chi connectivity index (χ3v) is 6.57. The average Bonchev–Trinajstić information content (AvgIpc) is 3.38. The summed E-state index contributed by atoms with van der Waals surface area (Å²) in [7, 11) is 0. The molecule has 1 aliphatic heterocycles. The van der Waals surface area contributed by atoms with E-state index >= 15 is 0 Å². The van der Waals surface area contributed by atoms with E-state index in [-0.39, 0.29) is 5.41 Å². The molecule has 3 heterocycles. The molecule has 0 fully saturated rings. The third-order valence-electron chi connectivity index (χ3n) is 5.63. The molecular formula is C24H25N7S. The van der Waals surface area contributed by atoms with Crippen LogP contribution in [0.2, 0.25) is 0 Å². The third kappa shape index (κ3) is 4.18. The SMILES string of the molecule is Cc1ccc(-n2c(CC3(C)C=NC(N)=CC3)nnc2SCc2nc3ccccc3[nH]2)cc1. The molecule has 0 spiro atoms. The van der Waals surface area contributed by atoms with Crippen molar-refractivity contribution in [1.82, 2.24) is 24.7 Å². The van der Waals surface area contributed by atoms with Crippen molar-refractivity contribution in [3.63, 3.8) is 0 Å². The van der Waals surface area contributed by atoms with Gasteiger partial charge in [0, 0.05) is 23.7 Å². The number of allylic oxidation sites excluding steroid dienone is 1. The number of hydrogen-bond donors (Lipinski definition) is 2. The van der Waals surface area contributed by atoms with Gasteiger partial charge < -0.3 is 10.7 Å². The van der Waals surface area contributed by atoms with E-state index in [4.69, 9.17) is 10.7 Å². The van der Waals surface area contributed by atoms with Crippen molar-refractivity contribution >= 4 is 29.0 Å². The number of imidazole rings is 1. The van der Waals surface area contributed by atoms with Crippen molar-refractivity contribution in [3.05, 3.63) is 77.6 Å². The van der Waals surface area contributed by atoms with Crippen molar-refractivity contribution in [2.24, 2.45) is 16.1 Å². The van der Waals surface area contributed by atoms with Crippen molar-refractivity contribution in [1.29, 1.82) is 0 Å². The number of H-pyrrole nitrogens is 1. The maximum Gasteiger partial charge on any atom is 0.196 e. The van der Waals surface area contributed by atoms with Gasteiger partial charge in [0.2, 0.25) is 0 Å². The first-order valence-corrected chi connectivity index (χ1v) is 11.6. The molecule has 0 bridgehead atoms. The van der Waals surface area contributed by atoms with Gasteiger partial charge >= 0.3 is 0 Å². The molecule has 32 heavy (non-hydrogen) atoms. The van der Waals surface area contributed by atoms with Crippen LogP contribution < -0.4 is 5.73 Å². The molecule has 3 N–H and O–H groups in total. The number of benzene rings is 2. The normalized spacial score (nSPS) is 18.2. The lowest BCUT2D eigenvalue weighted by Gasteiger charge is -2.26. The lowest BCUT2D eigenvalue weighted by Crippen LogP contribution is -2.26. The Balaban J connectivity index is 1.45. The van der Waals surface area contributed by atoms with Gasteiger partial charge in [0.05, 0.1) is 16.8 Å². The standard InChI is InChI=1S/C24H25N7S/c1-16-7-9-17(10-8-16)31-22(13-24(2)12-11-20(25)26-15-24)29-30-23(31)32-14-21-27-18-5-3-4-6-19(18)28-21/h3-11,15H,12-14,25H2,1-2H3,(H,27,28). The second-order valence-electron chi connectivity index (χ2n) is 8.48. The van der Waals surface area contributed by atoms with Gasteiger partial charge in [0.25, 0.3) is 0 Å². The molecule has 1 unspecified atom stereocenters. The minimum atomic E-state index is -0.154. The molecule has 5 rings (SSSR count). The zero-order chi connectivity index (χ0) is 22.1. The topological polar surface area (TPSA) is 97.8 Å². The quantitative estimate of drug-likeness (QED) is 0.426. The van der Waals surface area contributed by atoms with Crippen molar-refractivity contribution in [2.45, 2.75) is 37.6 Å². The zero-order valence-corrected chi connectivity index (χ0v) is 18.9. The van der Waals surface area contributed by atoms with Gasteiger partial charge in [0.1, 0.15) is 17.5 Å². The first kappa shape index (κ1) is 20.5. The van der Waals surface area contributed by atoms with E-state index in [1.165, 1.54) is 5.56 Å². The Kier molecular flexibility index (Phi) is 5.30. The van der Waals surface area contributed by atoms with Crippen LogP contribution in [0.5, 0.6) is 0 Å². The Morgan fingerprint density at radius 3 is 2.69 bits per heavy atom.